The lowest BCUT2D eigenvalue weighted by atomic mass is 10.0. The van der Waals surface area contributed by atoms with Crippen molar-refractivity contribution in [3.05, 3.63) is 23.8 Å². The summed E-state index contributed by atoms with van der Waals surface area (Å²) in [4.78, 5) is 14.2. The van der Waals surface area contributed by atoms with Crippen LogP contribution in [0.25, 0.3) is 0 Å². The molecule has 1 aromatic rings. The summed E-state index contributed by atoms with van der Waals surface area (Å²) < 4.78 is 6.13. The average Bonchev–Trinajstić information content (AvgIpc) is 2.92. The molecule has 1 amide bonds. The molecule has 0 N–H and O–H groups in total. The fourth-order valence-electron chi connectivity index (χ4n) is 3.77. The lowest BCUT2D eigenvalue weighted by molar-refractivity contribution is -0.117. The number of carbonyl (C=O) groups excluding carboxylic acids is 1. The van der Waals surface area contributed by atoms with Crippen LogP contribution in [0, 0.1) is 5.92 Å². The van der Waals surface area contributed by atoms with Crippen molar-refractivity contribution in [2.45, 2.75) is 44.8 Å². The SMILES string of the molecule is CCc1ccc2c(c1)OC1CCC3CC(=O)N2C31. The molecule has 3 nitrogen and oxygen atoms in total. The van der Waals surface area contributed by atoms with Crippen molar-refractivity contribution in [2.75, 3.05) is 4.90 Å². The summed E-state index contributed by atoms with van der Waals surface area (Å²) in [5, 5.41) is 0. The molecule has 3 unspecified atom stereocenters. The van der Waals surface area contributed by atoms with Gasteiger partial charge < -0.3 is 9.64 Å². The van der Waals surface area contributed by atoms with Gasteiger partial charge in [-0.05, 0) is 42.9 Å². The van der Waals surface area contributed by atoms with E-state index in [0.29, 0.717) is 18.4 Å². The predicted octanol–water partition coefficient (Wildman–Crippen LogP) is 2.53. The van der Waals surface area contributed by atoms with E-state index in [9.17, 15) is 4.79 Å². The molecule has 0 radical (unpaired) electrons. The first-order valence-corrected chi connectivity index (χ1v) is 6.89. The molecule has 94 valence electrons. The van der Waals surface area contributed by atoms with Crippen LogP contribution in [0.5, 0.6) is 5.75 Å². The fraction of sp³-hybridized carbons (Fsp3) is 0.533. The number of anilines is 1. The zero-order chi connectivity index (χ0) is 12.3. The van der Waals surface area contributed by atoms with E-state index in [-0.39, 0.29) is 12.0 Å². The van der Waals surface area contributed by atoms with Crippen molar-refractivity contribution in [1.29, 1.82) is 0 Å². The molecule has 3 atom stereocenters. The minimum absolute atomic E-state index is 0.223. The van der Waals surface area contributed by atoms with Gasteiger partial charge in [-0.15, -0.1) is 0 Å². The second kappa shape index (κ2) is 3.50. The molecule has 3 heteroatoms. The third-order valence-corrected chi connectivity index (χ3v) is 4.66. The Hall–Kier alpha value is -1.51. The highest BCUT2D eigenvalue weighted by molar-refractivity contribution is 5.99. The topological polar surface area (TPSA) is 29.5 Å². The van der Waals surface area contributed by atoms with Gasteiger partial charge in [-0.1, -0.05) is 13.0 Å². The lowest BCUT2D eigenvalue weighted by Crippen LogP contribution is -2.46. The molecule has 2 heterocycles. The zero-order valence-corrected chi connectivity index (χ0v) is 10.6. The van der Waals surface area contributed by atoms with E-state index in [4.69, 9.17) is 4.74 Å². The maximum Gasteiger partial charge on any atom is 0.227 e. The molecule has 1 saturated heterocycles. The van der Waals surface area contributed by atoms with Crippen molar-refractivity contribution in [2.24, 2.45) is 5.92 Å². The number of hydrogen-bond acceptors (Lipinski definition) is 2. The number of rotatable bonds is 1. The molecule has 4 rings (SSSR count). The minimum atomic E-state index is 0.223. The van der Waals surface area contributed by atoms with Crippen LogP contribution in [0.15, 0.2) is 18.2 Å². The van der Waals surface area contributed by atoms with E-state index >= 15 is 0 Å². The highest BCUT2D eigenvalue weighted by Gasteiger charge is 2.52. The largest absolute Gasteiger partial charge is 0.486 e. The first kappa shape index (κ1) is 10.4. The molecule has 3 aliphatic rings. The van der Waals surface area contributed by atoms with Crippen LogP contribution in [-0.4, -0.2) is 18.1 Å². The number of carbonyl (C=O) groups is 1. The van der Waals surface area contributed by atoms with Gasteiger partial charge in [0.2, 0.25) is 5.91 Å². The normalized spacial score (nSPS) is 32.2. The predicted molar refractivity (Wildman–Crippen MR) is 68.9 cm³/mol. The summed E-state index contributed by atoms with van der Waals surface area (Å²) in [6, 6.07) is 6.57. The van der Waals surface area contributed by atoms with Gasteiger partial charge in [-0.3, -0.25) is 4.79 Å². The molecule has 1 saturated carbocycles. The molecule has 2 aliphatic heterocycles. The van der Waals surface area contributed by atoms with Gasteiger partial charge in [0.05, 0.1) is 11.7 Å². The monoisotopic (exact) mass is 243 g/mol. The van der Waals surface area contributed by atoms with Crippen LogP contribution in [0.4, 0.5) is 5.69 Å². The van der Waals surface area contributed by atoms with Crippen molar-refractivity contribution >= 4 is 11.6 Å². The van der Waals surface area contributed by atoms with E-state index in [1.807, 2.05) is 4.90 Å². The number of benzene rings is 1. The van der Waals surface area contributed by atoms with Gasteiger partial charge in [0, 0.05) is 6.42 Å². The van der Waals surface area contributed by atoms with E-state index in [0.717, 1.165) is 30.7 Å². The Labute approximate surface area is 107 Å². The molecule has 1 aromatic carbocycles. The number of aryl methyl sites for hydroxylation is 1. The van der Waals surface area contributed by atoms with E-state index in [1.165, 1.54) is 5.56 Å². The van der Waals surface area contributed by atoms with Crippen LogP contribution < -0.4 is 9.64 Å². The average molecular weight is 243 g/mol. The highest BCUT2D eigenvalue weighted by Crippen LogP contribution is 2.49. The summed E-state index contributed by atoms with van der Waals surface area (Å²) in [7, 11) is 0. The lowest BCUT2D eigenvalue weighted by Gasteiger charge is -2.36. The van der Waals surface area contributed by atoms with Gasteiger partial charge >= 0.3 is 0 Å². The Morgan fingerprint density at radius 3 is 3.11 bits per heavy atom. The zero-order valence-electron chi connectivity index (χ0n) is 10.6. The van der Waals surface area contributed by atoms with E-state index in [2.05, 4.69) is 25.1 Å². The summed E-state index contributed by atoms with van der Waals surface area (Å²) in [5.74, 6) is 1.71. The Balaban J connectivity index is 1.84. The van der Waals surface area contributed by atoms with Crippen molar-refractivity contribution in [3.63, 3.8) is 0 Å². The molecule has 0 aromatic heterocycles. The molecule has 0 bridgehead atoms. The maximum atomic E-state index is 12.2. The third-order valence-electron chi connectivity index (χ3n) is 4.66. The Morgan fingerprint density at radius 2 is 2.28 bits per heavy atom. The fourth-order valence-corrected chi connectivity index (χ4v) is 3.77. The van der Waals surface area contributed by atoms with Gasteiger partial charge in [-0.25, -0.2) is 0 Å². The molecule has 1 aliphatic carbocycles. The van der Waals surface area contributed by atoms with Crippen LogP contribution in [0.1, 0.15) is 31.7 Å². The first-order valence-electron chi connectivity index (χ1n) is 6.89. The van der Waals surface area contributed by atoms with Crippen LogP contribution in [-0.2, 0) is 11.2 Å². The van der Waals surface area contributed by atoms with E-state index in [1.54, 1.807) is 0 Å². The number of hydrogen-bond donors (Lipinski definition) is 0. The summed E-state index contributed by atoms with van der Waals surface area (Å²) in [6.45, 7) is 2.14. The van der Waals surface area contributed by atoms with Gasteiger partial charge in [-0.2, -0.15) is 0 Å². The third kappa shape index (κ3) is 1.22. The second-order valence-corrected chi connectivity index (χ2v) is 5.61. The molecule has 2 fully saturated rings. The molecule has 18 heavy (non-hydrogen) atoms. The Bertz CT molecular complexity index is 525. The van der Waals surface area contributed by atoms with Gasteiger partial charge in [0.15, 0.2) is 0 Å². The Morgan fingerprint density at radius 1 is 1.39 bits per heavy atom. The number of nitrogens with zero attached hydrogens (tertiary/aromatic N) is 1. The van der Waals surface area contributed by atoms with E-state index < -0.39 is 0 Å². The van der Waals surface area contributed by atoms with Gasteiger partial charge in [0.1, 0.15) is 11.9 Å². The molecule has 0 spiro atoms. The van der Waals surface area contributed by atoms with Gasteiger partial charge in [0.25, 0.3) is 0 Å². The number of fused-ring (bicyclic) bond motifs is 2. The molecular formula is C15H17NO2. The van der Waals surface area contributed by atoms with Crippen molar-refractivity contribution in [3.8, 4) is 5.75 Å². The highest BCUT2D eigenvalue weighted by atomic mass is 16.5. The quantitative estimate of drug-likeness (QED) is 0.758. The van der Waals surface area contributed by atoms with Crippen molar-refractivity contribution in [1.82, 2.24) is 0 Å². The minimum Gasteiger partial charge on any atom is -0.486 e. The maximum absolute atomic E-state index is 12.2. The summed E-state index contributed by atoms with van der Waals surface area (Å²) in [6.07, 6.45) is 4.16. The summed E-state index contributed by atoms with van der Waals surface area (Å²) in [5.41, 5.74) is 2.26. The Kier molecular flexibility index (Phi) is 2.02. The van der Waals surface area contributed by atoms with Crippen LogP contribution >= 0.6 is 0 Å². The van der Waals surface area contributed by atoms with Crippen molar-refractivity contribution < 1.29 is 9.53 Å². The smallest absolute Gasteiger partial charge is 0.227 e. The number of amides is 1. The first-order chi connectivity index (χ1) is 8.78. The number of ether oxygens (including phenoxy) is 1. The summed E-state index contributed by atoms with van der Waals surface area (Å²) >= 11 is 0. The van der Waals surface area contributed by atoms with Crippen LogP contribution in [0.2, 0.25) is 0 Å². The standard InChI is InChI=1S/C15H17NO2/c1-2-9-3-5-11-13(7-9)18-12-6-4-10-8-14(17)16(11)15(10)12/h3,5,7,10,12,15H,2,4,6,8H2,1H3. The van der Waals surface area contributed by atoms with Crippen LogP contribution in [0.3, 0.4) is 0 Å². The molecular weight excluding hydrogens is 226 g/mol. The second-order valence-electron chi connectivity index (χ2n) is 5.61.